The third-order valence-corrected chi connectivity index (χ3v) is 7.95. The average molecular weight is 353 g/mol. The summed E-state index contributed by atoms with van der Waals surface area (Å²) < 4.78 is 27.9. The summed E-state index contributed by atoms with van der Waals surface area (Å²) in [5.74, 6) is 0. The number of benzene rings is 1. The first kappa shape index (κ1) is 17.9. The van der Waals surface area contributed by atoms with Crippen molar-refractivity contribution < 1.29 is 13.5 Å². The quantitative estimate of drug-likeness (QED) is 0.901. The number of aryl methyl sites for hydroxylation is 2. The highest BCUT2D eigenvalue weighted by molar-refractivity contribution is 7.89. The Morgan fingerprint density at radius 1 is 1.25 bits per heavy atom. The van der Waals surface area contributed by atoms with Crippen molar-refractivity contribution in [2.24, 2.45) is 5.41 Å². The van der Waals surface area contributed by atoms with E-state index in [0.29, 0.717) is 18.0 Å². The number of likely N-dealkylation sites (tertiary alicyclic amines) is 1. The monoisotopic (exact) mass is 352 g/mol. The molecule has 0 bridgehead atoms. The fraction of sp³-hybridized carbons (Fsp3) is 0.667. The molecule has 3 rings (SSSR count). The minimum atomic E-state index is -3.49. The molecule has 5 nitrogen and oxygen atoms in total. The van der Waals surface area contributed by atoms with E-state index in [0.717, 1.165) is 36.9 Å². The van der Waals surface area contributed by atoms with E-state index in [1.807, 2.05) is 33.0 Å². The van der Waals surface area contributed by atoms with Gasteiger partial charge in [0.05, 0.1) is 11.5 Å². The van der Waals surface area contributed by atoms with Gasteiger partial charge in [-0.2, -0.15) is 4.31 Å². The van der Waals surface area contributed by atoms with Crippen LogP contribution in [0.15, 0.2) is 23.1 Å². The number of piperidine rings is 2. The highest BCUT2D eigenvalue weighted by Crippen LogP contribution is 2.42. The topological polar surface area (TPSA) is 60.9 Å². The van der Waals surface area contributed by atoms with Gasteiger partial charge in [0.2, 0.25) is 10.0 Å². The van der Waals surface area contributed by atoms with Crippen LogP contribution in [0.25, 0.3) is 0 Å². The first-order valence-electron chi connectivity index (χ1n) is 8.69. The number of hydrogen-bond acceptors (Lipinski definition) is 4. The van der Waals surface area contributed by atoms with Crippen molar-refractivity contribution in [2.45, 2.75) is 44.0 Å². The number of aliphatic hydroxyl groups is 1. The zero-order valence-electron chi connectivity index (χ0n) is 14.8. The zero-order chi connectivity index (χ0) is 17.5. The highest BCUT2D eigenvalue weighted by Gasteiger charge is 2.48. The predicted molar refractivity (Wildman–Crippen MR) is 94.5 cm³/mol. The molecule has 0 unspecified atom stereocenters. The standard InChI is InChI=1S/C18H28N2O3S/c1-14-5-6-16(15(2)11-14)24(22,23)20-10-8-18(13-21)7-4-9-19(3)17(18)12-20/h5-6,11,17,21H,4,7-10,12-13H2,1-3H3/t17-,18-/m1/s1. The molecular weight excluding hydrogens is 324 g/mol. The van der Waals surface area contributed by atoms with E-state index in [9.17, 15) is 13.5 Å². The van der Waals surface area contributed by atoms with Crippen LogP contribution in [-0.2, 0) is 10.0 Å². The van der Waals surface area contributed by atoms with Crippen LogP contribution in [0.4, 0.5) is 0 Å². The third kappa shape index (κ3) is 2.90. The van der Waals surface area contributed by atoms with Crippen molar-refractivity contribution in [2.75, 3.05) is 33.3 Å². The van der Waals surface area contributed by atoms with Crippen LogP contribution in [0.5, 0.6) is 0 Å². The highest BCUT2D eigenvalue weighted by atomic mass is 32.2. The second kappa shape index (κ2) is 6.41. The largest absolute Gasteiger partial charge is 0.396 e. The van der Waals surface area contributed by atoms with E-state index in [2.05, 4.69) is 4.90 Å². The summed E-state index contributed by atoms with van der Waals surface area (Å²) in [4.78, 5) is 2.63. The lowest BCUT2D eigenvalue weighted by Crippen LogP contribution is -2.62. The Bertz CT molecular complexity index is 719. The van der Waals surface area contributed by atoms with Crippen LogP contribution in [0, 0.1) is 19.3 Å². The Morgan fingerprint density at radius 3 is 2.67 bits per heavy atom. The number of sulfonamides is 1. The van der Waals surface area contributed by atoms with Crippen molar-refractivity contribution in [1.29, 1.82) is 0 Å². The normalized spacial score (nSPS) is 29.4. The fourth-order valence-electron chi connectivity index (χ4n) is 4.44. The number of aliphatic hydroxyl groups excluding tert-OH is 1. The van der Waals surface area contributed by atoms with Crippen LogP contribution >= 0.6 is 0 Å². The molecule has 2 aliphatic rings. The minimum absolute atomic E-state index is 0.0885. The van der Waals surface area contributed by atoms with E-state index in [1.165, 1.54) is 0 Å². The number of fused-ring (bicyclic) bond motifs is 1. The van der Waals surface area contributed by atoms with E-state index < -0.39 is 10.0 Å². The van der Waals surface area contributed by atoms with Gasteiger partial charge >= 0.3 is 0 Å². The predicted octanol–water partition coefficient (Wildman–Crippen LogP) is 1.77. The van der Waals surface area contributed by atoms with Gasteiger partial charge in [-0.25, -0.2) is 8.42 Å². The van der Waals surface area contributed by atoms with E-state index >= 15 is 0 Å². The Kier molecular flexibility index (Phi) is 4.77. The third-order valence-electron chi connectivity index (χ3n) is 5.92. The molecule has 0 spiro atoms. The van der Waals surface area contributed by atoms with Crippen LogP contribution in [0.3, 0.4) is 0 Å². The maximum Gasteiger partial charge on any atom is 0.243 e. The Labute approximate surface area is 145 Å². The van der Waals surface area contributed by atoms with Crippen LogP contribution in [0.1, 0.15) is 30.4 Å². The Hall–Kier alpha value is -0.950. The van der Waals surface area contributed by atoms with Gasteiger partial charge in [0.15, 0.2) is 0 Å². The molecule has 2 atom stereocenters. The van der Waals surface area contributed by atoms with Crippen molar-refractivity contribution in [1.82, 2.24) is 9.21 Å². The SMILES string of the molecule is Cc1ccc(S(=O)(=O)N2CC[C@@]3(CO)CCCN(C)[C@@H]3C2)c(C)c1. The minimum Gasteiger partial charge on any atom is -0.396 e. The maximum absolute atomic E-state index is 13.1. The van der Waals surface area contributed by atoms with Gasteiger partial charge in [0.1, 0.15) is 0 Å². The molecular formula is C18H28N2O3S. The van der Waals surface area contributed by atoms with Gasteiger partial charge in [0.25, 0.3) is 0 Å². The molecule has 24 heavy (non-hydrogen) atoms. The molecule has 2 fully saturated rings. The molecule has 0 aliphatic carbocycles. The number of hydrogen-bond donors (Lipinski definition) is 1. The summed E-state index contributed by atoms with van der Waals surface area (Å²) in [5, 5.41) is 9.98. The molecule has 0 saturated carbocycles. The van der Waals surface area contributed by atoms with Gasteiger partial charge in [-0.1, -0.05) is 17.7 Å². The summed E-state index contributed by atoms with van der Waals surface area (Å²) in [6.45, 7) is 5.88. The first-order chi connectivity index (χ1) is 11.3. The Morgan fingerprint density at radius 2 is 2.00 bits per heavy atom. The number of nitrogens with zero attached hydrogens (tertiary/aromatic N) is 2. The van der Waals surface area contributed by atoms with Crippen molar-refractivity contribution >= 4 is 10.0 Å². The van der Waals surface area contributed by atoms with Gasteiger partial charge in [-0.05, 0) is 58.3 Å². The molecule has 2 heterocycles. The molecule has 1 aromatic carbocycles. The number of likely N-dealkylation sites (N-methyl/N-ethyl adjacent to an activating group) is 1. The van der Waals surface area contributed by atoms with Gasteiger partial charge in [0, 0.05) is 24.5 Å². The van der Waals surface area contributed by atoms with Gasteiger partial charge < -0.3 is 10.0 Å². The average Bonchev–Trinajstić information content (AvgIpc) is 2.54. The summed E-state index contributed by atoms with van der Waals surface area (Å²) >= 11 is 0. The Balaban J connectivity index is 1.91. The van der Waals surface area contributed by atoms with Crippen LogP contribution in [0.2, 0.25) is 0 Å². The second-order valence-corrected chi connectivity index (χ2v) is 9.41. The summed E-state index contributed by atoms with van der Waals surface area (Å²) in [6.07, 6.45) is 2.77. The summed E-state index contributed by atoms with van der Waals surface area (Å²) in [7, 11) is -1.45. The lowest BCUT2D eigenvalue weighted by molar-refractivity contribution is -0.0508. The molecule has 2 aliphatic heterocycles. The van der Waals surface area contributed by atoms with E-state index in [-0.39, 0.29) is 18.1 Å². The fourth-order valence-corrected chi connectivity index (χ4v) is 6.09. The smallest absolute Gasteiger partial charge is 0.243 e. The van der Waals surface area contributed by atoms with Crippen molar-refractivity contribution in [3.8, 4) is 0 Å². The summed E-state index contributed by atoms with van der Waals surface area (Å²) in [6, 6.07) is 5.58. The maximum atomic E-state index is 13.1. The van der Waals surface area contributed by atoms with Gasteiger partial charge in [-0.15, -0.1) is 0 Å². The van der Waals surface area contributed by atoms with Gasteiger partial charge in [-0.3, -0.25) is 0 Å². The molecule has 6 heteroatoms. The molecule has 1 aromatic rings. The zero-order valence-corrected chi connectivity index (χ0v) is 15.6. The van der Waals surface area contributed by atoms with E-state index in [4.69, 9.17) is 0 Å². The molecule has 0 amide bonds. The van der Waals surface area contributed by atoms with Crippen LogP contribution in [-0.4, -0.2) is 62.1 Å². The van der Waals surface area contributed by atoms with E-state index in [1.54, 1.807) is 10.4 Å². The van der Waals surface area contributed by atoms with Crippen molar-refractivity contribution in [3.63, 3.8) is 0 Å². The van der Waals surface area contributed by atoms with Crippen molar-refractivity contribution in [3.05, 3.63) is 29.3 Å². The second-order valence-electron chi connectivity index (χ2n) is 7.50. The molecule has 0 radical (unpaired) electrons. The summed E-state index contributed by atoms with van der Waals surface area (Å²) in [5.41, 5.74) is 1.71. The molecule has 1 N–H and O–H groups in total. The van der Waals surface area contributed by atoms with Crippen LogP contribution < -0.4 is 0 Å². The molecule has 0 aromatic heterocycles. The molecule has 2 saturated heterocycles. The lowest BCUT2D eigenvalue weighted by atomic mass is 9.69. The lowest BCUT2D eigenvalue weighted by Gasteiger charge is -2.53. The first-order valence-corrected chi connectivity index (χ1v) is 10.1. The molecule has 134 valence electrons. The number of rotatable bonds is 3.